The van der Waals surface area contributed by atoms with Crippen LogP contribution >= 0.6 is 0 Å². The molecule has 15 heavy (non-hydrogen) atoms. The zero-order valence-electron chi connectivity index (χ0n) is 10.5. The van der Waals surface area contributed by atoms with E-state index in [1.54, 1.807) is 0 Å². The highest BCUT2D eigenvalue weighted by atomic mass is 16.1. The summed E-state index contributed by atoms with van der Waals surface area (Å²) < 4.78 is 0. The molecule has 1 fully saturated rings. The molecule has 0 N–H and O–H groups in total. The van der Waals surface area contributed by atoms with Gasteiger partial charge in [-0.05, 0) is 33.5 Å². The molecule has 0 aromatic rings. The minimum Gasteiger partial charge on any atom is -0.305 e. The van der Waals surface area contributed by atoms with Crippen molar-refractivity contribution in [3.8, 4) is 0 Å². The first kappa shape index (κ1) is 12.7. The molecule has 0 aliphatic carbocycles. The van der Waals surface area contributed by atoms with Crippen molar-refractivity contribution in [3.05, 3.63) is 0 Å². The van der Waals surface area contributed by atoms with E-state index in [4.69, 9.17) is 0 Å². The first-order valence-corrected chi connectivity index (χ1v) is 5.83. The van der Waals surface area contributed by atoms with Crippen LogP contribution in [0, 0.1) is 5.41 Å². The highest BCUT2D eigenvalue weighted by Gasteiger charge is 2.26. The van der Waals surface area contributed by atoms with E-state index in [1.807, 2.05) is 13.8 Å². The SMILES string of the molecule is CC1CN(C)CCCN1CC(C)(C)C=O. The standard InChI is InChI=1S/C12H24N2O/c1-11-8-13(4)6-5-7-14(11)9-12(2,3)10-15/h10-11H,5-9H2,1-4H3. The Morgan fingerprint density at radius 1 is 1.40 bits per heavy atom. The van der Waals surface area contributed by atoms with Crippen LogP contribution in [0.3, 0.4) is 0 Å². The van der Waals surface area contributed by atoms with Gasteiger partial charge in [0.25, 0.3) is 0 Å². The normalized spacial score (nSPS) is 26.3. The van der Waals surface area contributed by atoms with Crippen LogP contribution in [0.15, 0.2) is 0 Å². The average molecular weight is 212 g/mol. The van der Waals surface area contributed by atoms with Gasteiger partial charge in [-0.25, -0.2) is 0 Å². The number of nitrogens with zero attached hydrogens (tertiary/aromatic N) is 2. The van der Waals surface area contributed by atoms with Crippen LogP contribution in [-0.2, 0) is 4.79 Å². The molecule has 88 valence electrons. The lowest BCUT2D eigenvalue weighted by Crippen LogP contribution is -2.43. The lowest BCUT2D eigenvalue weighted by Gasteiger charge is -2.32. The van der Waals surface area contributed by atoms with Gasteiger partial charge in [0, 0.05) is 24.5 Å². The van der Waals surface area contributed by atoms with E-state index in [0.717, 1.165) is 25.9 Å². The van der Waals surface area contributed by atoms with Gasteiger partial charge in [0.05, 0.1) is 0 Å². The second kappa shape index (κ2) is 5.08. The van der Waals surface area contributed by atoms with Crippen LogP contribution < -0.4 is 0 Å². The van der Waals surface area contributed by atoms with Crippen LogP contribution in [0.1, 0.15) is 27.2 Å². The first-order valence-electron chi connectivity index (χ1n) is 5.83. The predicted molar refractivity (Wildman–Crippen MR) is 63.0 cm³/mol. The Labute approximate surface area is 93.4 Å². The van der Waals surface area contributed by atoms with Crippen molar-refractivity contribution in [2.45, 2.75) is 33.2 Å². The molecule has 0 radical (unpaired) electrons. The van der Waals surface area contributed by atoms with Gasteiger partial charge in [0.1, 0.15) is 6.29 Å². The Balaban J connectivity index is 2.56. The third kappa shape index (κ3) is 3.92. The van der Waals surface area contributed by atoms with Crippen LogP contribution in [-0.4, -0.2) is 55.4 Å². The fourth-order valence-corrected chi connectivity index (χ4v) is 2.22. The highest BCUT2D eigenvalue weighted by Crippen LogP contribution is 2.17. The summed E-state index contributed by atoms with van der Waals surface area (Å²) in [6.45, 7) is 10.6. The van der Waals surface area contributed by atoms with Crippen molar-refractivity contribution in [2.75, 3.05) is 33.2 Å². The molecular formula is C12H24N2O. The Morgan fingerprint density at radius 3 is 2.67 bits per heavy atom. The molecule has 1 rings (SSSR count). The monoisotopic (exact) mass is 212 g/mol. The van der Waals surface area contributed by atoms with Crippen LogP contribution in [0.2, 0.25) is 0 Å². The highest BCUT2D eigenvalue weighted by molar-refractivity contribution is 5.58. The maximum atomic E-state index is 10.9. The molecule has 3 heteroatoms. The Morgan fingerprint density at radius 2 is 2.07 bits per heavy atom. The second-order valence-corrected chi connectivity index (χ2v) is 5.54. The van der Waals surface area contributed by atoms with Gasteiger partial charge in [-0.2, -0.15) is 0 Å². The summed E-state index contributed by atoms with van der Waals surface area (Å²) >= 11 is 0. The number of hydrogen-bond acceptors (Lipinski definition) is 3. The van der Waals surface area contributed by atoms with Gasteiger partial charge in [-0.1, -0.05) is 13.8 Å². The van der Waals surface area contributed by atoms with Gasteiger partial charge >= 0.3 is 0 Å². The van der Waals surface area contributed by atoms with Crippen LogP contribution in [0.4, 0.5) is 0 Å². The van der Waals surface area contributed by atoms with Crippen LogP contribution in [0.25, 0.3) is 0 Å². The van der Waals surface area contributed by atoms with Gasteiger partial charge in [-0.15, -0.1) is 0 Å². The molecule has 1 aliphatic heterocycles. The molecule has 0 aromatic heterocycles. The molecule has 0 aromatic carbocycles. The Bertz CT molecular complexity index is 216. The smallest absolute Gasteiger partial charge is 0.126 e. The summed E-state index contributed by atoms with van der Waals surface area (Å²) in [5, 5.41) is 0. The third-order valence-corrected chi connectivity index (χ3v) is 3.11. The molecule has 1 atom stereocenters. The number of aldehydes is 1. The Kier molecular flexibility index (Phi) is 4.29. The quantitative estimate of drug-likeness (QED) is 0.658. The largest absolute Gasteiger partial charge is 0.305 e. The molecule has 3 nitrogen and oxygen atoms in total. The summed E-state index contributed by atoms with van der Waals surface area (Å²) in [7, 11) is 2.17. The molecule has 1 heterocycles. The van der Waals surface area contributed by atoms with Gasteiger partial charge in [0.2, 0.25) is 0 Å². The zero-order valence-corrected chi connectivity index (χ0v) is 10.5. The first-order chi connectivity index (χ1) is 6.94. The van der Waals surface area contributed by atoms with Crippen LogP contribution in [0.5, 0.6) is 0 Å². The van der Waals surface area contributed by atoms with Crippen molar-refractivity contribution >= 4 is 6.29 Å². The summed E-state index contributed by atoms with van der Waals surface area (Å²) in [5.41, 5.74) is -0.211. The van der Waals surface area contributed by atoms with E-state index < -0.39 is 0 Å². The summed E-state index contributed by atoms with van der Waals surface area (Å²) in [4.78, 5) is 15.7. The second-order valence-electron chi connectivity index (χ2n) is 5.54. The van der Waals surface area contributed by atoms with Gasteiger partial charge < -0.3 is 9.69 Å². The minimum absolute atomic E-state index is 0.211. The number of carbonyl (C=O) groups is 1. The van der Waals surface area contributed by atoms with Crippen molar-refractivity contribution < 1.29 is 4.79 Å². The summed E-state index contributed by atoms with van der Waals surface area (Å²) in [6.07, 6.45) is 2.28. The lowest BCUT2D eigenvalue weighted by molar-refractivity contribution is -0.115. The molecule has 1 saturated heterocycles. The molecule has 0 bridgehead atoms. The topological polar surface area (TPSA) is 23.6 Å². The maximum Gasteiger partial charge on any atom is 0.126 e. The predicted octanol–water partition coefficient (Wildman–Crippen LogP) is 1.24. The van der Waals surface area contributed by atoms with Crippen molar-refractivity contribution in [1.82, 2.24) is 9.80 Å². The van der Waals surface area contributed by atoms with Gasteiger partial charge in [-0.3, -0.25) is 4.90 Å². The summed E-state index contributed by atoms with van der Waals surface area (Å²) in [6, 6.07) is 0.553. The Hall–Kier alpha value is -0.410. The van der Waals surface area contributed by atoms with E-state index in [0.29, 0.717) is 6.04 Å². The molecule has 0 spiro atoms. The van der Waals surface area contributed by atoms with Crippen molar-refractivity contribution in [1.29, 1.82) is 0 Å². The fourth-order valence-electron chi connectivity index (χ4n) is 2.22. The van der Waals surface area contributed by atoms with Crippen molar-refractivity contribution in [2.24, 2.45) is 5.41 Å². The lowest BCUT2D eigenvalue weighted by atomic mass is 9.94. The van der Waals surface area contributed by atoms with Gasteiger partial charge in [0.15, 0.2) is 0 Å². The molecule has 0 amide bonds. The number of likely N-dealkylation sites (N-methyl/N-ethyl adjacent to an activating group) is 1. The number of carbonyl (C=O) groups excluding carboxylic acids is 1. The van der Waals surface area contributed by atoms with Crippen molar-refractivity contribution in [3.63, 3.8) is 0 Å². The zero-order chi connectivity index (χ0) is 11.5. The van der Waals surface area contributed by atoms with E-state index >= 15 is 0 Å². The van der Waals surface area contributed by atoms with E-state index in [2.05, 4.69) is 23.8 Å². The molecule has 0 saturated carbocycles. The number of rotatable bonds is 3. The van der Waals surface area contributed by atoms with E-state index in [9.17, 15) is 4.79 Å². The molecule has 1 unspecified atom stereocenters. The minimum atomic E-state index is -0.211. The summed E-state index contributed by atoms with van der Waals surface area (Å²) in [5.74, 6) is 0. The molecular weight excluding hydrogens is 188 g/mol. The van der Waals surface area contributed by atoms with E-state index in [1.165, 1.54) is 13.0 Å². The van der Waals surface area contributed by atoms with E-state index in [-0.39, 0.29) is 5.41 Å². The average Bonchev–Trinajstić information content (AvgIpc) is 2.29. The third-order valence-electron chi connectivity index (χ3n) is 3.11. The maximum absolute atomic E-state index is 10.9. The molecule has 1 aliphatic rings. The number of hydrogen-bond donors (Lipinski definition) is 0. The fraction of sp³-hybridized carbons (Fsp3) is 0.917.